The van der Waals surface area contributed by atoms with E-state index < -0.39 is 11.7 Å². The SMILES string of the molecule is CCC(=O)C1(N)NC(=O)c2[nH]cnc2N1. The number of fused-ring (bicyclic) bond motifs is 1. The molecule has 0 radical (unpaired) electrons. The molecule has 0 aromatic carbocycles. The van der Waals surface area contributed by atoms with Gasteiger partial charge in [0.1, 0.15) is 5.69 Å². The molecule has 2 rings (SSSR count). The number of imidazole rings is 1. The molecule has 0 bridgehead atoms. The Morgan fingerprint density at radius 3 is 3.00 bits per heavy atom. The Kier molecular flexibility index (Phi) is 1.97. The average molecular weight is 209 g/mol. The smallest absolute Gasteiger partial charge is 0.274 e. The number of carbonyl (C=O) groups is 2. The minimum Gasteiger partial charge on any atom is -0.339 e. The van der Waals surface area contributed by atoms with Crippen LogP contribution in [0.15, 0.2) is 6.33 Å². The topological polar surface area (TPSA) is 113 Å². The summed E-state index contributed by atoms with van der Waals surface area (Å²) in [5.74, 6) is -1.99. The number of nitrogens with two attached hydrogens (primary N) is 1. The van der Waals surface area contributed by atoms with E-state index in [1.807, 2.05) is 0 Å². The van der Waals surface area contributed by atoms with Crippen LogP contribution in [0.1, 0.15) is 23.8 Å². The monoisotopic (exact) mass is 209 g/mol. The second-order valence-electron chi connectivity index (χ2n) is 3.29. The third kappa shape index (κ3) is 1.37. The van der Waals surface area contributed by atoms with Gasteiger partial charge in [0, 0.05) is 6.42 Å². The number of nitrogens with one attached hydrogen (secondary N) is 3. The van der Waals surface area contributed by atoms with Crippen molar-refractivity contribution in [3.8, 4) is 0 Å². The van der Waals surface area contributed by atoms with Crippen LogP contribution in [0.4, 0.5) is 5.82 Å². The number of amides is 1. The molecule has 1 atom stereocenters. The van der Waals surface area contributed by atoms with Crippen molar-refractivity contribution in [2.75, 3.05) is 5.32 Å². The van der Waals surface area contributed by atoms with Gasteiger partial charge in [-0.2, -0.15) is 0 Å². The van der Waals surface area contributed by atoms with Crippen molar-refractivity contribution in [1.82, 2.24) is 15.3 Å². The van der Waals surface area contributed by atoms with E-state index in [0.717, 1.165) is 0 Å². The Morgan fingerprint density at radius 1 is 1.60 bits per heavy atom. The average Bonchev–Trinajstić information content (AvgIpc) is 2.64. The van der Waals surface area contributed by atoms with Gasteiger partial charge in [-0.05, 0) is 0 Å². The van der Waals surface area contributed by atoms with Gasteiger partial charge in [-0.1, -0.05) is 6.92 Å². The number of aromatic amines is 1. The van der Waals surface area contributed by atoms with E-state index in [1.54, 1.807) is 6.92 Å². The van der Waals surface area contributed by atoms with Crippen LogP contribution in [0, 0.1) is 0 Å². The first kappa shape index (κ1) is 9.66. The van der Waals surface area contributed by atoms with E-state index in [2.05, 4.69) is 20.6 Å². The number of rotatable bonds is 2. The molecule has 0 saturated heterocycles. The highest BCUT2D eigenvalue weighted by molar-refractivity contribution is 6.05. The van der Waals surface area contributed by atoms with E-state index in [1.165, 1.54) is 6.33 Å². The lowest BCUT2D eigenvalue weighted by Gasteiger charge is -2.33. The summed E-state index contributed by atoms with van der Waals surface area (Å²) in [4.78, 5) is 29.6. The zero-order chi connectivity index (χ0) is 11.1. The predicted octanol–water partition coefficient (Wildman–Crippen LogP) is -0.843. The van der Waals surface area contributed by atoms with Crippen molar-refractivity contribution in [2.24, 2.45) is 5.73 Å². The number of carbonyl (C=O) groups excluding carboxylic acids is 2. The van der Waals surface area contributed by atoms with E-state index in [9.17, 15) is 9.59 Å². The fraction of sp³-hybridized carbons (Fsp3) is 0.375. The molecule has 0 fully saturated rings. The molecule has 1 aliphatic heterocycles. The maximum absolute atomic E-state index is 11.5. The lowest BCUT2D eigenvalue weighted by Crippen LogP contribution is -2.68. The summed E-state index contributed by atoms with van der Waals surface area (Å²) in [6.07, 6.45) is 1.59. The number of hydrogen-bond donors (Lipinski definition) is 4. The molecule has 15 heavy (non-hydrogen) atoms. The Balaban J connectivity index is 2.37. The van der Waals surface area contributed by atoms with Gasteiger partial charge >= 0.3 is 0 Å². The van der Waals surface area contributed by atoms with E-state index in [0.29, 0.717) is 5.82 Å². The van der Waals surface area contributed by atoms with Crippen LogP contribution in [0.5, 0.6) is 0 Å². The van der Waals surface area contributed by atoms with Gasteiger partial charge in [0.15, 0.2) is 11.6 Å². The third-order valence-corrected chi connectivity index (χ3v) is 2.25. The van der Waals surface area contributed by atoms with E-state index in [4.69, 9.17) is 5.73 Å². The second kappa shape index (κ2) is 3.06. The fourth-order valence-corrected chi connectivity index (χ4v) is 1.44. The summed E-state index contributed by atoms with van der Waals surface area (Å²) >= 11 is 0. The summed E-state index contributed by atoms with van der Waals surface area (Å²) in [5.41, 5.74) is 6.01. The molecule has 1 amide bonds. The molecule has 7 heteroatoms. The highest BCUT2D eigenvalue weighted by atomic mass is 16.2. The number of hydrogen-bond acceptors (Lipinski definition) is 5. The maximum atomic E-state index is 11.5. The van der Waals surface area contributed by atoms with Crippen LogP contribution >= 0.6 is 0 Å². The highest BCUT2D eigenvalue weighted by Crippen LogP contribution is 2.19. The summed E-state index contributed by atoms with van der Waals surface area (Å²) in [7, 11) is 0. The van der Waals surface area contributed by atoms with Crippen molar-refractivity contribution < 1.29 is 9.59 Å². The number of H-pyrrole nitrogens is 1. The zero-order valence-electron chi connectivity index (χ0n) is 8.13. The zero-order valence-corrected chi connectivity index (χ0v) is 8.13. The number of ketones is 1. The van der Waals surface area contributed by atoms with Gasteiger partial charge in [-0.25, -0.2) is 4.98 Å². The van der Waals surface area contributed by atoms with Crippen LogP contribution in [-0.4, -0.2) is 27.4 Å². The van der Waals surface area contributed by atoms with Gasteiger partial charge in [0.25, 0.3) is 5.91 Å². The number of anilines is 1. The molecule has 0 aliphatic carbocycles. The minimum atomic E-state index is -1.55. The first-order valence-electron chi connectivity index (χ1n) is 4.53. The van der Waals surface area contributed by atoms with Gasteiger partial charge in [0.05, 0.1) is 6.33 Å². The predicted molar refractivity (Wildman–Crippen MR) is 51.9 cm³/mol. The number of aromatic nitrogens is 2. The molecule has 0 saturated carbocycles. The normalized spacial score (nSPS) is 24.0. The third-order valence-electron chi connectivity index (χ3n) is 2.25. The molecular weight excluding hydrogens is 198 g/mol. The molecule has 1 aromatic heterocycles. The summed E-state index contributed by atoms with van der Waals surface area (Å²) in [5, 5.41) is 5.08. The number of nitrogens with zero attached hydrogens (tertiary/aromatic N) is 1. The molecule has 5 N–H and O–H groups in total. The first-order valence-corrected chi connectivity index (χ1v) is 4.53. The van der Waals surface area contributed by atoms with E-state index >= 15 is 0 Å². The molecule has 0 spiro atoms. The van der Waals surface area contributed by atoms with Crippen LogP contribution in [0.3, 0.4) is 0 Å². The molecule has 7 nitrogen and oxygen atoms in total. The van der Waals surface area contributed by atoms with Crippen molar-refractivity contribution in [3.05, 3.63) is 12.0 Å². The first-order chi connectivity index (χ1) is 7.07. The van der Waals surface area contributed by atoms with Crippen LogP contribution in [0.2, 0.25) is 0 Å². The molecule has 2 heterocycles. The number of Topliss-reactive ketones (excluding diaryl/α,β-unsaturated/α-hetero) is 1. The van der Waals surface area contributed by atoms with Crippen molar-refractivity contribution in [1.29, 1.82) is 0 Å². The van der Waals surface area contributed by atoms with Gasteiger partial charge < -0.3 is 15.6 Å². The molecule has 1 aromatic rings. The van der Waals surface area contributed by atoms with Crippen LogP contribution in [0.25, 0.3) is 0 Å². The van der Waals surface area contributed by atoms with Gasteiger partial charge in [-0.3, -0.25) is 15.3 Å². The largest absolute Gasteiger partial charge is 0.339 e. The summed E-state index contributed by atoms with van der Waals surface area (Å²) in [6, 6.07) is 0. The van der Waals surface area contributed by atoms with Crippen molar-refractivity contribution in [3.63, 3.8) is 0 Å². The molecular formula is C8H11N5O2. The van der Waals surface area contributed by atoms with Crippen molar-refractivity contribution in [2.45, 2.75) is 19.1 Å². The van der Waals surface area contributed by atoms with Crippen LogP contribution in [-0.2, 0) is 4.79 Å². The Hall–Kier alpha value is -1.89. The fourth-order valence-electron chi connectivity index (χ4n) is 1.44. The lowest BCUT2D eigenvalue weighted by atomic mass is 10.1. The van der Waals surface area contributed by atoms with Crippen LogP contribution < -0.4 is 16.4 Å². The van der Waals surface area contributed by atoms with Gasteiger partial charge in [0.2, 0.25) is 5.79 Å². The second-order valence-corrected chi connectivity index (χ2v) is 3.29. The molecule has 1 unspecified atom stereocenters. The standard InChI is InChI=1S/C8H11N5O2/c1-2-4(14)8(9)12-6-5(7(15)13-8)10-3-11-6/h3,12H,2,9H2,1H3,(H,10,11)(H,13,15). The lowest BCUT2D eigenvalue weighted by molar-refractivity contribution is -0.123. The van der Waals surface area contributed by atoms with Crippen molar-refractivity contribution >= 4 is 17.5 Å². The Bertz CT molecular complexity index is 426. The van der Waals surface area contributed by atoms with E-state index in [-0.39, 0.29) is 17.9 Å². The summed E-state index contributed by atoms with van der Waals surface area (Å²) in [6.45, 7) is 1.67. The highest BCUT2D eigenvalue weighted by Gasteiger charge is 2.40. The quantitative estimate of drug-likeness (QED) is 0.507. The Morgan fingerprint density at radius 2 is 2.33 bits per heavy atom. The maximum Gasteiger partial charge on any atom is 0.274 e. The summed E-state index contributed by atoms with van der Waals surface area (Å²) < 4.78 is 0. The molecule has 1 aliphatic rings. The Labute approximate surface area is 85.4 Å². The minimum absolute atomic E-state index is 0.226. The van der Waals surface area contributed by atoms with Gasteiger partial charge in [-0.15, -0.1) is 0 Å². The molecule has 80 valence electrons.